The van der Waals surface area contributed by atoms with E-state index in [1.54, 1.807) is 7.11 Å². The Morgan fingerprint density at radius 3 is 2.29 bits per heavy atom. The van der Waals surface area contributed by atoms with E-state index in [9.17, 15) is 10.2 Å². The molecule has 21 heavy (non-hydrogen) atoms. The minimum Gasteiger partial charge on any atom is -0.497 e. The number of rotatable bonds is 6. The fourth-order valence-corrected chi connectivity index (χ4v) is 3.28. The summed E-state index contributed by atoms with van der Waals surface area (Å²) >= 11 is 0. The molecular formula is C18H24O3. The van der Waals surface area contributed by atoms with Crippen LogP contribution in [0.1, 0.15) is 12.0 Å². The number of ether oxygens (including phenoxy) is 1. The third kappa shape index (κ3) is 3.55. The molecule has 2 rings (SSSR count). The Kier molecular flexibility index (Phi) is 5.59. The van der Waals surface area contributed by atoms with Crippen LogP contribution in [0.5, 0.6) is 5.75 Å². The molecule has 1 aliphatic carbocycles. The van der Waals surface area contributed by atoms with Gasteiger partial charge in [-0.05, 0) is 47.8 Å². The molecule has 0 unspecified atom stereocenters. The highest BCUT2D eigenvalue weighted by Crippen LogP contribution is 2.42. The monoisotopic (exact) mass is 288 g/mol. The Balaban J connectivity index is 2.09. The Morgan fingerprint density at radius 1 is 1.14 bits per heavy atom. The van der Waals surface area contributed by atoms with Crippen molar-refractivity contribution in [3.63, 3.8) is 0 Å². The SMILES string of the molecule is C=C[C@H]1C[C@@H](/C=C\c2ccc(OC)cc2)[C@H](CO)[C@@H]1CO. The first-order valence-electron chi connectivity index (χ1n) is 7.40. The van der Waals surface area contributed by atoms with Gasteiger partial charge in [-0.1, -0.05) is 30.4 Å². The van der Waals surface area contributed by atoms with Gasteiger partial charge >= 0.3 is 0 Å². The molecular weight excluding hydrogens is 264 g/mol. The van der Waals surface area contributed by atoms with E-state index in [-0.39, 0.29) is 36.9 Å². The van der Waals surface area contributed by atoms with Crippen molar-refractivity contribution in [3.8, 4) is 5.75 Å². The molecule has 114 valence electrons. The Bertz CT molecular complexity index is 478. The highest BCUT2D eigenvalue weighted by molar-refractivity contribution is 5.51. The van der Waals surface area contributed by atoms with Crippen molar-refractivity contribution in [1.82, 2.24) is 0 Å². The zero-order chi connectivity index (χ0) is 15.2. The maximum atomic E-state index is 9.62. The molecule has 1 aromatic carbocycles. The lowest BCUT2D eigenvalue weighted by Crippen LogP contribution is -2.23. The standard InChI is InChI=1S/C18H24O3/c1-3-14-10-15(18(12-20)17(14)11-19)7-4-13-5-8-16(21-2)9-6-13/h3-9,14-15,17-20H,1,10-12H2,2H3/b7-4-/t14-,15+,17+,18-/m0/s1. The molecule has 0 aromatic heterocycles. The van der Waals surface area contributed by atoms with E-state index >= 15 is 0 Å². The highest BCUT2D eigenvalue weighted by atomic mass is 16.5. The summed E-state index contributed by atoms with van der Waals surface area (Å²) in [4.78, 5) is 0. The number of benzene rings is 1. The number of methoxy groups -OCH3 is 1. The average molecular weight is 288 g/mol. The fourth-order valence-electron chi connectivity index (χ4n) is 3.28. The van der Waals surface area contributed by atoms with E-state index < -0.39 is 0 Å². The van der Waals surface area contributed by atoms with Crippen LogP contribution in [0.4, 0.5) is 0 Å². The van der Waals surface area contributed by atoms with Crippen molar-refractivity contribution >= 4 is 6.08 Å². The second-order valence-electron chi connectivity index (χ2n) is 5.62. The summed E-state index contributed by atoms with van der Waals surface area (Å²) in [6.45, 7) is 4.06. The van der Waals surface area contributed by atoms with Gasteiger partial charge in [-0.15, -0.1) is 6.58 Å². The van der Waals surface area contributed by atoms with Crippen LogP contribution in [0, 0.1) is 23.7 Å². The van der Waals surface area contributed by atoms with Crippen LogP contribution in [0.15, 0.2) is 43.0 Å². The zero-order valence-electron chi connectivity index (χ0n) is 12.5. The summed E-state index contributed by atoms with van der Waals surface area (Å²) < 4.78 is 5.14. The average Bonchev–Trinajstić information content (AvgIpc) is 2.90. The second-order valence-corrected chi connectivity index (χ2v) is 5.62. The van der Waals surface area contributed by atoms with E-state index in [0.717, 1.165) is 17.7 Å². The van der Waals surface area contributed by atoms with E-state index in [1.807, 2.05) is 30.3 Å². The van der Waals surface area contributed by atoms with Crippen molar-refractivity contribution in [3.05, 3.63) is 48.6 Å². The van der Waals surface area contributed by atoms with Crippen LogP contribution in [0.3, 0.4) is 0 Å². The molecule has 2 N–H and O–H groups in total. The molecule has 4 atom stereocenters. The first kappa shape index (κ1) is 15.8. The van der Waals surface area contributed by atoms with Gasteiger partial charge in [-0.3, -0.25) is 0 Å². The number of aliphatic hydroxyl groups excluding tert-OH is 2. The number of hydrogen-bond donors (Lipinski definition) is 2. The summed E-state index contributed by atoms with van der Waals surface area (Å²) in [6.07, 6.45) is 7.07. The maximum Gasteiger partial charge on any atom is 0.118 e. The summed E-state index contributed by atoms with van der Waals surface area (Å²) in [6, 6.07) is 7.88. The van der Waals surface area contributed by atoms with Gasteiger partial charge in [0.05, 0.1) is 7.11 Å². The number of allylic oxidation sites excluding steroid dienone is 2. The van der Waals surface area contributed by atoms with Crippen LogP contribution in [0.2, 0.25) is 0 Å². The predicted molar refractivity (Wildman–Crippen MR) is 85.0 cm³/mol. The molecule has 1 saturated carbocycles. The molecule has 0 radical (unpaired) electrons. The van der Waals surface area contributed by atoms with Gasteiger partial charge in [-0.25, -0.2) is 0 Å². The zero-order valence-corrected chi connectivity index (χ0v) is 12.5. The molecule has 3 heteroatoms. The predicted octanol–water partition coefficient (Wildman–Crippen LogP) is 2.75. The Morgan fingerprint density at radius 2 is 1.76 bits per heavy atom. The first-order valence-corrected chi connectivity index (χ1v) is 7.40. The van der Waals surface area contributed by atoms with Gasteiger partial charge in [0.25, 0.3) is 0 Å². The van der Waals surface area contributed by atoms with Crippen LogP contribution in [-0.4, -0.2) is 30.5 Å². The van der Waals surface area contributed by atoms with Gasteiger partial charge < -0.3 is 14.9 Å². The Labute approximate surface area is 126 Å². The van der Waals surface area contributed by atoms with Gasteiger partial charge in [0, 0.05) is 13.2 Å². The number of aliphatic hydroxyl groups is 2. The molecule has 0 aliphatic heterocycles. The van der Waals surface area contributed by atoms with Crippen LogP contribution >= 0.6 is 0 Å². The molecule has 1 aliphatic rings. The first-order chi connectivity index (χ1) is 10.2. The molecule has 3 nitrogen and oxygen atoms in total. The van der Waals surface area contributed by atoms with Crippen LogP contribution < -0.4 is 4.74 Å². The van der Waals surface area contributed by atoms with E-state index in [4.69, 9.17) is 4.74 Å². The lowest BCUT2D eigenvalue weighted by atomic mass is 9.88. The molecule has 1 fully saturated rings. The summed E-state index contributed by atoms with van der Waals surface area (Å²) in [5.74, 6) is 1.61. The van der Waals surface area contributed by atoms with Gasteiger partial charge in [0.1, 0.15) is 5.75 Å². The fraction of sp³-hybridized carbons (Fsp3) is 0.444. The summed E-state index contributed by atoms with van der Waals surface area (Å²) in [5, 5.41) is 19.2. The van der Waals surface area contributed by atoms with Crippen molar-refractivity contribution in [2.75, 3.05) is 20.3 Å². The molecule has 0 bridgehead atoms. The lowest BCUT2D eigenvalue weighted by molar-refractivity contribution is 0.118. The van der Waals surface area contributed by atoms with Crippen molar-refractivity contribution in [2.45, 2.75) is 6.42 Å². The molecule has 0 spiro atoms. The van der Waals surface area contributed by atoms with Crippen molar-refractivity contribution in [1.29, 1.82) is 0 Å². The van der Waals surface area contributed by atoms with Crippen LogP contribution in [-0.2, 0) is 0 Å². The Hall–Kier alpha value is -1.58. The largest absolute Gasteiger partial charge is 0.497 e. The van der Waals surface area contributed by atoms with Gasteiger partial charge in [0.15, 0.2) is 0 Å². The third-order valence-corrected chi connectivity index (χ3v) is 4.57. The molecule has 1 aromatic rings. The highest BCUT2D eigenvalue weighted by Gasteiger charge is 2.39. The van der Waals surface area contributed by atoms with Crippen molar-refractivity contribution in [2.24, 2.45) is 23.7 Å². The molecule has 0 amide bonds. The summed E-state index contributed by atoms with van der Waals surface area (Å²) in [7, 11) is 1.65. The third-order valence-electron chi connectivity index (χ3n) is 4.57. The second kappa shape index (κ2) is 7.43. The van der Waals surface area contributed by atoms with Crippen LogP contribution in [0.25, 0.3) is 6.08 Å². The minimum atomic E-state index is 0.104. The summed E-state index contributed by atoms with van der Waals surface area (Å²) in [5.41, 5.74) is 1.11. The molecule has 0 heterocycles. The maximum absolute atomic E-state index is 9.62. The minimum absolute atomic E-state index is 0.104. The smallest absolute Gasteiger partial charge is 0.118 e. The van der Waals surface area contributed by atoms with Crippen molar-refractivity contribution < 1.29 is 14.9 Å². The van der Waals surface area contributed by atoms with E-state index in [2.05, 4.69) is 18.7 Å². The number of hydrogen-bond acceptors (Lipinski definition) is 3. The van der Waals surface area contributed by atoms with Gasteiger partial charge in [-0.2, -0.15) is 0 Å². The van der Waals surface area contributed by atoms with E-state index in [1.165, 1.54) is 0 Å². The lowest BCUT2D eigenvalue weighted by Gasteiger charge is -2.20. The quantitative estimate of drug-likeness (QED) is 0.791. The van der Waals surface area contributed by atoms with Gasteiger partial charge in [0.2, 0.25) is 0 Å². The molecule has 0 saturated heterocycles. The van der Waals surface area contributed by atoms with E-state index in [0.29, 0.717) is 0 Å². The normalized spacial score (nSPS) is 28.9. The topological polar surface area (TPSA) is 49.7 Å².